The Hall–Kier alpha value is -8.24. The number of anilines is 6. The number of para-hydroxylation sites is 2. The first-order valence-electron chi connectivity index (χ1n) is 24.7. The summed E-state index contributed by atoms with van der Waals surface area (Å²) in [6, 6.07) is 80.3. The standard InChI is InChI=1S/C64H51N3O2Si2/c1-70(2)49-32-26-45(27-33-49)66(48-30-36-51-52-24-16-38-65-63(52)69-59(51)40-48)47-31-37-53-55(39-47)64(42-17-8-5-9-18-42,43-19-10-6-11-20-43)56-41-57(62-61(60(53)56)54-23-14-15-25-58(54)68-62)67(44-21-12-7-13-22-44)46-28-34-50(35-29-46)71(3)4/h5-41,70-71H,1-4H3. The van der Waals surface area contributed by atoms with Crippen molar-refractivity contribution in [3.63, 3.8) is 0 Å². The van der Waals surface area contributed by atoms with E-state index in [1.54, 1.807) is 6.20 Å². The number of hydrogen-bond donors (Lipinski definition) is 0. The molecule has 0 N–H and O–H groups in total. The first-order valence-corrected chi connectivity index (χ1v) is 30.5. The lowest BCUT2D eigenvalue weighted by molar-refractivity contribution is 0.654. The van der Waals surface area contributed by atoms with Crippen LogP contribution < -0.4 is 20.2 Å². The Morgan fingerprint density at radius 3 is 1.63 bits per heavy atom. The SMILES string of the molecule is C[SiH](C)c1ccc(N(c2ccc3c(c2)C(c2ccccc2)(c2ccccc2)c2cc(N(c4ccccc4)c4ccc([SiH](C)C)cc4)c4oc5ccccc5c4c2-3)c2ccc3c(c2)oc2ncccc23)cc1. The molecule has 0 bridgehead atoms. The molecule has 0 saturated carbocycles. The smallest absolute Gasteiger partial charge is 0.227 e. The third kappa shape index (κ3) is 6.83. The summed E-state index contributed by atoms with van der Waals surface area (Å²) in [6.45, 7) is 9.54. The van der Waals surface area contributed by atoms with E-state index in [1.165, 1.54) is 43.8 Å². The van der Waals surface area contributed by atoms with Gasteiger partial charge in [0.15, 0.2) is 5.58 Å². The summed E-state index contributed by atoms with van der Waals surface area (Å²) in [4.78, 5) is 9.38. The maximum atomic E-state index is 7.20. The summed E-state index contributed by atoms with van der Waals surface area (Å²) in [7, 11) is -2.10. The molecule has 3 heterocycles. The van der Waals surface area contributed by atoms with Gasteiger partial charge in [0.05, 0.1) is 28.7 Å². The van der Waals surface area contributed by atoms with Crippen molar-refractivity contribution in [1.29, 1.82) is 0 Å². The molecule has 71 heavy (non-hydrogen) atoms. The largest absolute Gasteiger partial charge is 0.454 e. The van der Waals surface area contributed by atoms with Crippen molar-refractivity contribution in [2.24, 2.45) is 0 Å². The van der Waals surface area contributed by atoms with E-state index in [0.29, 0.717) is 5.71 Å². The van der Waals surface area contributed by atoms with Crippen molar-refractivity contribution in [3.05, 3.63) is 247 Å². The van der Waals surface area contributed by atoms with Gasteiger partial charge in [-0.1, -0.05) is 164 Å². The molecule has 1 aliphatic rings. The van der Waals surface area contributed by atoms with Crippen molar-refractivity contribution in [2.45, 2.75) is 31.6 Å². The van der Waals surface area contributed by atoms with Gasteiger partial charge in [0.1, 0.15) is 11.2 Å². The molecule has 13 rings (SSSR count). The fourth-order valence-electron chi connectivity index (χ4n) is 11.3. The van der Waals surface area contributed by atoms with Crippen LogP contribution in [0.1, 0.15) is 22.3 Å². The van der Waals surface area contributed by atoms with Crippen LogP contribution in [0, 0.1) is 0 Å². The first kappa shape index (κ1) is 42.8. The monoisotopic (exact) mass is 949 g/mol. The van der Waals surface area contributed by atoms with E-state index in [9.17, 15) is 0 Å². The number of pyridine rings is 1. The van der Waals surface area contributed by atoms with Gasteiger partial charge in [0.25, 0.3) is 0 Å². The van der Waals surface area contributed by atoms with Crippen LogP contribution in [0.2, 0.25) is 26.2 Å². The summed E-state index contributed by atoms with van der Waals surface area (Å²) < 4.78 is 13.7. The molecular weight excluding hydrogens is 899 g/mol. The van der Waals surface area contributed by atoms with Crippen molar-refractivity contribution >= 4 is 106 Å². The Bertz CT molecular complexity index is 3900. The number of furan rings is 2. The van der Waals surface area contributed by atoms with Crippen LogP contribution >= 0.6 is 0 Å². The molecule has 342 valence electrons. The number of benzene rings is 9. The lowest BCUT2D eigenvalue weighted by atomic mass is 9.67. The van der Waals surface area contributed by atoms with Crippen LogP contribution in [0.15, 0.2) is 233 Å². The Kier molecular flexibility index (Phi) is 10.3. The van der Waals surface area contributed by atoms with Crippen molar-refractivity contribution in [3.8, 4) is 11.1 Å². The van der Waals surface area contributed by atoms with Crippen LogP contribution in [0.4, 0.5) is 34.1 Å². The van der Waals surface area contributed by atoms with Crippen molar-refractivity contribution in [2.75, 3.05) is 9.80 Å². The molecule has 7 heteroatoms. The fraction of sp³-hybridized carbons (Fsp3) is 0.0781. The minimum Gasteiger partial charge on any atom is -0.454 e. The summed E-state index contributed by atoms with van der Waals surface area (Å²) >= 11 is 0. The van der Waals surface area contributed by atoms with Gasteiger partial charge in [-0.3, -0.25) is 0 Å². The molecule has 12 aromatic rings. The predicted molar refractivity (Wildman–Crippen MR) is 302 cm³/mol. The van der Waals surface area contributed by atoms with Gasteiger partial charge in [-0.05, 0) is 118 Å². The zero-order valence-corrected chi connectivity index (χ0v) is 42.5. The highest BCUT2D eigenvalue weighted by molar-refractivity contribution is 6.71. The highest BCUT2D eigenvalue weighted by Crippen LogP contribution is 2.62. The van der Waals surface area contributed by atoms with Gasteiger partial charge in [-0.15, -0.1) is 0 Å². The van der Waals surface area contributed by atoms with E-state index in [2.05, 4.69) is 253 Å². The quantitative estimate of drug-likeness (QED) is 0.128. The van der Waals surface area contributed by atoms with Gasteiger partial charge in [-0.25, -0.2) is 4.98 Å². The molecule has 0 radical (unpaired) electrons. The normalized spacial score (nSPS) is 12.9. The van der Waals surface area contributed by atoms with E-state index in [0.717, 1.165) is 72.4 Å². The van der Waals surface area contributed by atoms with Crippen LogP contribution in [0.25, 0.3) is 55.1 Å². The Labute approximate surface area is 417 Å². The Morgan fingerprint density at radius 2 is 0.972 bits per heavy atom. The topological polar surface area (TPSA) is 45.7 Å². The average Bonchev–Trinajstić information content (AvgIpc) is 4.09. The van der Waals surface area contributed by atoms with Gasteiger partial charge in [0.2, 0.25) is 5.71 Å². The highest BCUT2D eigenvalue weighted by atomic mass is 28.3. The molecule has 0 spiro atoms. The molecular formula is C64H51N3O2Si2. The zero-order chi connectivity index (χ0) is 47.8. The van der Waals surface area contributed by atoms with E-state index in [-0.39, 0.29) is 0 Å². The maximum absolute atomic E-state index is 7.20. The molecule has 0 aliphatic heterocycles. The van der Waals surface area contributed by atoms with E-state index in [4.69, 9.17) is 8.83 Å². The Balaban J connectivity index is 1.13. The summed E-state index contributed by atoms with van der Waals surface area (Å²) in [5.41, 5.74) is 15.8. The lowest BCUT2D eigenvalue weighted by Crippen LogP contribution is -2.29. The number of fused-ring (bicyclic) bond motifs is 10. The Morgan fingerprint density at radius 1 is 0.423 bits per heavy atom. The molecule has 0 saturated heterocycles. The minimum atomic E-state index is -1.06. The van der Waals surface area contributed by atoms with Gasteiger partial charge < -0.3 is 18.6 Å². The van der Waals surface area contributed by atoms with Crippen LogP contribution in [-0.2, 0) is 5.41 Å². The van der Waals surface area contributed by atoms with Gasteiger partial charge in [0, 0.05) is 62.2 Å². The number of rotatable bonds is 10. The van der Waals surface area contributed by atoms with Crippen LogP contribution in [0.5, 0.6) is 0 Å². The second kappa shape index (κ2) is 17.0. The number of nitrogens with zero attached hydrogens (tertiary/aromatic N) is 3. The van der Waals surface area contributed by atoms with Gasteiger partial charge in [-0.2, -0.15) is 0 Å². The fourth-order valence-corrected chi connectivity index (χ4v) is 13.3. The number of aromatic nitrogens is 1. The third-order valence-electron chi connectivity index (χ3n) is 14.8. The molecule has 0 amide bonds. The highest BCUT2D eigenvalue weighted by Gasteiger charge is 2.48. The minimum absolute atomic E-state index is 0.640. The summed E-state index contributed by atoms with van der Waals surface area (Å²) in [6.07, 6.45) is 1.79. The molecule has 5 nitrogen and oxygen atoms in total. The van der Waals surface area contributed by atoms with E-state index in [1.807, 2.05) is 6.07 Å². The molecule has 0 unspecified atom stereocenters. The first-order chi connectivity index (χ1) is 34.9. The molecule has 0 fully saturated rings. The second-order valence-electron chi connectivity index (χ2n) is 19.5. The van der Waals surface area contributed by atoms with E-state index < -0.39 is 23.0 Å². The molecule has 0 atom stereocenters. The summed E-state index contributed by atoms with van der Waals surface area (Å²) in [5.74, 6) is 0. The van der Waals surface area contributed by atoms with Gasteiger partial charge >= 0.3 is 0 Å². The molecule has 3 aromatic heterocycles. The summed E-state index contributed by atoms with van der Waals surface area (Å²) in [5, 5.41) is 7.12. The van der Waals surface area contributed by atoms with Crippen molar-refractivity contribution < 1.29 is 8.83 Å². The molecule has 1 aliphatic carbocycles. The number of hydrogen-bond acceptors (Lipinski definition) is 5. The van der Waals surface area contributed by atoms with E-state index >= 15 is 0 Å². The van der Waals surface area contributed by atoms with Crippen LogP contribution in [0.3, 0.4) is 0 Å². The third-order valence-corrected chi connectivity index (χ3v) is 18.2. The van der Waals surface area contributed by atoms with Crippen molar-refractivity contribution in [1.82, 2.24) is 4.98 Å². The second-order valence-corrected chi connectivity index (χ2v) is 25.4. The predicted octanol–water partition coefficient (Wildman–Crippen LogP) is 15.6. The zero-order valence-electron chi connectivity index (χ0n) is 40.2. The lowest BCUT2D eigenvalue weighted by Gasteiger charge is -2.35. The average molecular weight is 950 g/mol. The maximum Gasteiger partial charge on any atom is 0.227 e. The molecule has 9 aromatic carbocycles. The van der Waals surface area contributed by atoms with Crippen LogP contribution in [-0.4, -0.2) is 22.6 Å².